The van der Waals surface area contributed by atoms with Crippen LogP contribution in [0.25, 0.3) is 0 Å². The van der Waals surface area contributed by atoms with Crippen molar-refractivity contribution >= 4 is 6.03 Å². The average molecular weight is 330 g/mol. The van der Waals surface area contributed by atoms with Gasteiger partial charge < -0.3 is 19.9 Å². The van der Waals surface area contributed by atoms with Gasteiger partial charge in [-0.25, -0.2) is 9.78 Å². The van der Waals surface area contributed by atoms with Crippen LogP contribution >= 0.6 is 0 Å². The highest BCUT2D eigenvalue weighted by molar-refractivity contribution is 5.73. The van der Waals surface area contributed by atoms with Crippen molar-refractivity contribution in [2.75, 3.05) is 26.7 Å². The largest absolute Gasteiger partial charge is 0.493 e. The number of amides is 2. The zero-order valence-electron chi connectivity index (χ0n) is 14.6. The molecule has 6 nitrogen and oxygen atoms in total. The fourth-order valence-corrected chi connectivity index (χ4v) is 2.31. The standard InChI is InChI=1S/C18H26N4O2/c1-14-5-6-15(2)17(11-14)24-10-4-9-22(3)18(23)20-8-7-16-12-19-13-21-16/h5-6,11-13H,4,7-10H2,1-3H3,(H,19,21)(H,20,23). The number of nitrogens with one attached hydrogen (secondary N) is 2. The van der Waals surface area contributed by atoms with Crippen LogP contribution in [0.2, 0.25) is 0 Å². The van der Waals surface area contributed by atoms with Crippen LogP contribution in [0.1, 0.15) is 23.2 Å². The van der Waals surface area contributed by atoms with Crippen molar-refractivity contribution in [3.05, 3.63) is 47.5 Å². The molecule has 0 aliphatic rings. The van der Waals surface area contributed by atoms with Gasteiger partial charge in [0.2, 0.25) is 0 Å². The van der Waals surface area contributed by atoms with Crippen LogP contribution in [0.5, 0.6) is 5.75 Å². The Bertz CT molecular complexity index is 640. The Kier molecular flexibility index (Phi) is 6.66. The van der Waals surface area contributed by atoms with E-state index in [1.165, 1.54) is 5.56 Å². The third-order valence-electron chi connectivity index (χ3n) is 3.81. The van der Waals surface area contributed by atoms with E-state index in [0.29, 0.717) is 19.7 Å². The van der Waals surface area contributed by atoms with Gasteiger partial charge in [0.25, 0.3) is 0 Å². The topological polar surface area (TPSA) is 70.2 Å². The van der Waals surface area contributed by atoms with E-state index in [0.717, 1.165) is 29.8 Å². The molecule has 1 heterocycles. The molecule has 2 N–H and O–H groups in total. The molecule has 2 amide bonds. The molecule has 0 saturated heterocycles. The molecule has 2 aromatic rings. The number of aryl methyl sites for hydroxylation is 2. The highest BCUT2D eigenvalue weighted by Crippen LogP contribution is 2.19. The lowest BCUT2D eigenvalue weighted by atomic mass is 10.1. The number of ether oxygens (including phenoxy) is 1. The van der Waals surface area contributed by atoms with Crippen LogP contribution in [-0.2, 0) is 6.42 Å². The van der Waals surface area contributed by atoms with E-state index in [9.17, 15) is 4.79 Å². The first-order chi connectivity index (χ1) is 11.6. The lowest BCUT2D eigenvalue weighted by molar-refractivity contribution is 0.203. The first kappa shape index (κ1) is 17.8. The van der Waals surface area contributed by atoms with E-state index < -0.39 is 0 Å². The van der Waals surface area contributed by atoms with Crippen molar-refractivity contribution < 1.29 is 9.53 Å². The summed E-state index contributed by atoms with van der Waals surface area (Å²) in [4.78, 5) is 20.6. The number of benzene rings is 1. The number of aromatic amines is 1. The minimum absolute atomic E-state index is 0.0683. The molecular weight excluding hydrogens is 304 g/mol. The molecule has 6 heteroatoms. The highest BCUT2D eigenvalue weighted by atomic mass is 16.5. The monoisotopic (exact) mass is 330 g/mol. The Labute approximate surface area is 143 Å². The summed E-state index contributed by atoms with van der Waals surface area (Å²) >= 11 is 0. The predicted octanol–water partition coefficient (Wildman–Crippen LogP) is 2.68. The number of aromatic nitrogens is 2. The van der Waals surface area contributed by atoms with E-state index in [1.807, 2.05) is 19.9 Å². The van der Waals surface area contributed by atoms with Gasteiger partial charge in [-0.2, -0.15) is 0 Å². The normalized spacial score (nSPS) is 10.5. The zero-order valence-corrected chi connectivity index (χ0v) is 14.6. The van der Waals surface area contributed by atoms with E-state index in [2.05, 4.69) is 27.4 Å². The van der Waals surface area contributed by atoms with Gasteiger partial charge in [-0.15, -0.1) is 0 Å². The van der Waals surface area contributed by atoms with Crippen molar-refractivity contribution in [1.82, 2.24) is 20.2 Å². The Hall–Kier alpha value is -2.50. The van der Waals surface area contributed by atoms with Gasteiger partial charge in [-0.3, -0.25) is 0 Å². The summed E-state index contributed by atoms with van der Waals surface area (Å²) < 4.78 is 5.81. The van der Waals surface area contributed by atoms with Crippen molar-refractivity contribution in [1.29, 1.82) is 0 Å². The first-order valence-electron chi connectivity index (χ1n) is 8.22. The number of carbonyl (C=O) groups is 1. The minimum atomic E-state index is -0.0683. The summed E-state index contributed by atoms with van der Waals surface area (Å²) in [6.45, 7) is 5.92. The van der Waals surface area contributed by atoms with Crippen LogP contribution < -0.4 is 10.1 Å². The molecule has 130 valence electrons. The summed E-state index contributed by atoms with van der Waals surface area (Å²) in [6.07, 6.45) is 4.94. The Balaban J connectivity index is 1.62. The molecule has 0 radical (unpaired) electrons. The molecule has 1 aromatic heterocycles. The smallest absolute Gasteiger partial charge is 0.317 e. The van der Waals surface area contributed by atoms with Crippen molar-refractivity contribution in [3.63, 3.8) is 0 Å². The van der Waals surface area contributed by atoms with Crippen LogP contribution in [0.4, 0.5) is 4.79 Å². The highest BCUT2D eigenvalue weighted by Gasteiger charge is 2.08. The molecule has 0 atom stereocenters. The van der Waals surface area contributed by atoms with Crippen LogP contribution in [-0.4, -0.2) is 47.6 Å². The van der Waals surface area contributed by atoms with Crippen molar-refractivity contribution in [2.24, 2.45) is 0 Å². The van der Waals surface area contributed by atoms with E-state index in [1.54, 1.807) is 24.5 Å². The predicted molar refractivity (Wildman–Crippen MR) is 94.3 cm³/mol. The van der Waals surface area contributed by atoms with Crippen LogP contribution in [0, 0.1) is 13.8 Å². The lowest BCUT2D eigenvalue weighted by Crippen LogP contribution is -2.39. The van der Waals surface area contributed by atoms with Crippen LogP contribution in [0.3, 0.4) is 0 Å². The van der Waals surface area contributed by atoms with Gasteiger partial charge in [0, 0.05) is 38.4 Å². The second kappa shape index (κ2) is 8.96. The van der Waals surface area contributed by atoms with Gasteiger partial charge in [-0.05, 0) is 37.5 Å². The van der Waals surface area contributed by atoms with Gasteiger partial charge in [-0.1, -0.05) is 12.1 Å². The molecule has 0 aliphatic heterocycles. The number of nitrogens with zero attached hydrogens (tertiary/aromatic N) is 2. The third kappa shape index (κ3) is 5.61. The number of H-pyrrole nitrogens is 1. The second-order valence-electron chi connectivity index (χ2n) is 5.95. The minimum Gasteiger partial charge on any atom is -0.493 e. The quantitative estimate of drug-likeness (QED) is 0.731. The molecule has 0 spiro atoms. The van der Waals surface area contributed by atoms with E-state index >= 15 is 0 Å². The molecule has 2 rings (SSSR count). The maximum Gasteiger partial charge on any atom is 0.317 e. The SMILES string of the molecule is Cc1ccc(C)c(OCCCN(C)C(=O)NCCc2cnc[nH]2)c1. The molecule has 0 bridgehead atoms. The molecule has 0 saturated carbocycles. The number of hydrogen-bond acceptors (Lipinski definition) is 3. The third-order valence-corrected chi connectivity index (χ3v) is 3.81. The number of carbonyl (C=O) groups excluding carboxylic acids is 1. The fourth-order valence-electron chi connectivity index (χ4n) is 2.31. The summed E-state index contributed by atoms with van der Waals surface area (Å²) in [7, 11) is 1.80. The molecule has 0 fully saturated rings. The number of rotatable bonds is 8. The van der Waals surface area contributed by atoms with E-state index in [4.69, 9.17) is 4.74 Å². The summed E-state index contributed by atoms with van der Waals surface area (Å²) in [5.41, 5.74) is 3.33. The molecule has 1 aromatic carbocycles. The Morgan fingerprint density at radius 2 is 2.21 bits per heavy atom. The fraction of sp³-hybridized carbons (Fsp3) is 0.444. The number of hydrogen-bond donors (Lipinski definition) is 2. The van der Waals surface area contributed by atoms with Crippen molar-refractivity contribution in [2.45, 2.75) is 26.7 Å². The summed E-state index contributed by atoms with van der Waals surface area (Å²) in [6, 6.07) is 6.11. The average Bonchev–Trinajstić information content (AvgIpc) is 3.07. The first-order valence-corrected chi connectivity index (χ1v) is 8.22. The molecule has 24 heavy (non-hydrogen) atoms. The van der Waals surface area contributed by atoms with Gasteiger partial charge >= 0.3 is 6.03 Å². The van der Waals surface area contributed by atoms with Crippen molar-refractivity contribution in [3.8, 4) is 5.75 Å². The molecule has 0 aliphatic carbocycles. The summed E-state index contributed by atoms with van der Waals surface area (Å²) in [5, 5.41) is 2.89. The van der Waals surface area contributed by atoms with Gasteiger partial charge in [0.15, 0.2) is 0 Å². The number of urea groups is 1. The molecule has 0 unspecified atom stereocenters. The van der Waals surface area contributed by atoms with E-state index in [-0.39, 0.29) is 6.03 Å². The van der Waals surface area contributed by atoms with Crippen LogP contribution in [0.15, 0.2) is 30.7 Å². The lowest BCUT2D eigenvalue weighted by Gasteiger charge is -2.18. The Morgan fingerprint density at radius 1 is 1.38 bits per heavy atom. The second-order valence-corrected chi connectivity index (χ2v) is 5.95. The zero-order chi connectivity index (χ0) is 17.4. The van der Waals surface area contributed by atoms with Gasteiger partial charge in [0.05, 0.1) is 12.9 Å². The Morgan fingerprint density at radius 3 is 2.96 bits per heavy atom. The maximum atomic E-state index is 12.0. The summed E-state index contributed by atoms with van der Waals surface area (Å²) in [5.74, 6) is 0.918. The maximum absolute atomic E-state index is 12.0. The van der Waals surface area contributed by atoms with Gasteiger partial charge in [0.1, 0.15) is 5.75 Å². The molecular formula is C18H26N4O2. The number of imidazole rings is 1.